The van der Waals surface area contributed by atoms with Gasteiger partial charge < -0.3 is 8.83 Å². The maximum atomic E-state index is 6.56. The van der Waals surface area contributed by atoms with Crippen molar-refractivity contribution in [1.29, 1.82) is 0 Å². The molecule has 0 atom stereocenters. The monoisotopic (exact) mass is 610 g/mol. The molecule has 0 aliphatic heterocycles. The van der Waals surface area contributed by atoms with E-state index in [0.717, 1.165) is 60.6 Å². The van der Waals surface area contributed by atoms with Gasteiger partial charge in [0.25, 0.3) is 0 Å². The van der Waals surface area contributed by atoms with E-state index < -0.39 is 0 Å². The molecule has 11 rings (SSSR count). The first-order valence-corrected chi connectivity index (χ1v) is 16.4. The van der Waals surface area contributed by atoms with E-state index >= 15 is 0 Å². The summed E-state index contributed by atoms with van der Waals surface area (Å²) in [5, 5.41) is 14.3. The van der Waals surface area contributed by atoms with Gasteiger partial charge in [0.1, 0.15) is 22.3 Å². The molecule has 0 unspecified atom stereocenters. The van der Waals surface area contributed by atoms with Crippen molar-refractivity contribution in [2.45, 2.75) is 0 Å². The number of hydrogen-bond acceptors (Lipinski definition) is 2. The number of rotatable bonds is 2. The Morgan fingerprint density at radius 1 is 0.292 bits per heavy atom. The highest BCUT2D eigenvalue weighted by Gasteiger charge is 2.17. The number of furan rings is 2. The lowest BCUT2D eigenvalue weighted by atomic mass is 9.91. The Hall–Kier alpha value is -6.38. The summed E-state index contributed by atoms with van der Waals surface area (Å²) in [6, 6.07) is 56.6. The van der Waals surface area contributed by atoms with E-state index in [0.29, 0.717) is 0 Å². The topological polar surface area (TPSA) is 26.3 Å². The highest BCUT2D eigenvalue weighted by Crippen LogP contribution is 2.43. The van der Waals surface area contributed by atoms with Crippen LogP contribution in [-0.2, 0) is 0 Å². The van der Waals surface area contributed by atoms with Gasteiger partial charge in [0.15, 0.2) is 0 Å². The second-order valence-corrected chi connectivity index (χ2v) is 12.8. The number of para-hydroxylation sites is 1. The molecular formula is C46H26O2. The van der Waals surface area contributed by atoms with Crippen molar-refractivity contribution in [2.24, 2.45) is 0 Å². The first kappa shape index (κ1) is 25.8. The molecule has 0 aliphatic carbocycles. The van der Waals surface area contributed by atoms with Gasteiger partial charge in [0, 0.05) is 26.9 Å². The summed E-state index contributed by atoms with van der Waals surface area (Å²) in [4.78, 5) is 0. The molecule has 0 aliphatic rings. The predicted molar refractivity (Wildman–Crippen MR) is 202 cm³/mol. The van der Waals surface area contributed by atoms with E-state index in [1.165, 1.54) is 48.7 Å². The normalized spacial score (nSPS) is 12.2. The van der Waals surface area contributed by atoms with E-state index in [4.69, 9.17) is 8.83 Å². The van der Waals surface area contributed by atoms with Crippen LogP contribution in [0, 0.1) is 0 Å². The van der Waals surface area contributed by atoms with Crippen molar-refractivity contribution in [3.8, 4) is 22.3 Å². The van der Waals surface area contributed by atoms with Crippen LogP contribution in [0.3, 0.4) is 0 Å². The second-order valence-electron chi connectivity index (χ2n) is 12.8. The highest BCUT2D eigenvalue weighted by atomic mass is 16.3. The summed E-state index contributed by atoms with van der Waals surface area (Å²) in [5.41, 5.74) is 8.35. The van der Waals surface area contributed by atoms with Gasteiger partial charge in [0.05, 0.1) is 0 Å². The molecule has 9 aromatic carbocycles. The minimum Gasteiger partial charge on any atom is -0.456 e. The van der Waals surface area contributed by atoms with Gasteiger partial charge in [0.2, 0.25) is 0 Å². The number of hydrogen-bond donors (Lipinski definition) is 0. The van der Waals surface area contributed by atoms with Crippen LogP contribution in [0.5, 0.6) is 0 Å². The lowest BCUT2D eigenvalue weighted by Gasteiger charge is -2.12. The van der Waals surface area contributed by atoms with E-state index in [2.05, 4.69) is 152 Å². The Balaban J connectivity index is 1.08. The van der Waals surface area contributed by atoms with E-state index in [1.54, 1.807) is 0 Å². The number of benzene rings is 9. The Morgan fingerprint density at radius 2 is 0.833 bits per heavy atom. The zero-order valence-electron chi connectivity index (χ0n) is 25.8. The molecule has 0 bridgehead atoms. The van der Waals surface area contributed by atoms with Crippen LogP contribution in [0.15, 0.2) is 167 Å². The molecule has 0 amide bonds. The van der Waals surface area contributed by atoms with Crippen LogP contribution in [0.2, 0.25) is 0 Å². The van der Waals surface area contributed by atoms with Crippen molar-refractivity contribution in [1.82, 2.24) is 0 Å². The molecule has 0 fully saturated rings. The molecule has 2 aromatic heterocycles. The van der Waals surface area contributed by atoms with Crippen molar-refractivity contribution >= 4 is 87.0 Å². The lowest BCUT2D eigenvalue weighted by Crippen LogP contribution is -1.86. The van der Waals surface area contributed by atoms with E-state index in [9.17, 15) is 0 Å². The summed E-state index contributed by atoms with van der Waals surface area (Å²) < 4.78 is 13.1. The summed E-state index contributed by atoms with van der Waals surface area (Å²) in [5.74, 6) is 0. The third-order valence-electron chi connectivity index (χ3n) is 10.3. The first-order valence-electron chi connectivity index (χ1n) is 16.4. The molecule has 11 aromatic rings. The molecule has 2 heterocycles. The van der Waals surface area contributed by atoms with Crippen LogP contribution in [-0.4, -0.2) is 0 Å². The molecule has 0 saturated heterocycles. The molecule has 48 heavy (non-hydrogen) atoms. The third kappa shape index (κ3) is 3.57. The Bertz CT molecular complexity index is 3090. The van der Waals surface area contributed by atoms with Crippen molar-refractivity contribution in [3.05, 3.63) is 158 Å². The molecule has 2 heteroatoms. The first-order chi connectivity index (χ1) is 23.8. The zero-order chi connectivity index (χ0) is 31.3. The van der Waals surface area contributed by atoms with Crippen LogP contribution in [0.4, 0.5) is 0 Å². The summed E-state index contributed by atoms with van der Waals surface area (Å²) in [7, 11) is 0. The highest BCUT2D eigenvalue weighted by molar-refractivity contribution is 6.32. The second kappa shape index (κ2) is 9.57. The summed E-state index contributed by atoms with van der Waals surface area (Å²) in [6.07, 6.45) is 0. The van der Waals surface area contributed by atoms with Gasteiger partial charge in [-0.1, -0.05) is 115 Å². The van der Waals surface area contributed by atoms with Crippen LogP contribution >= 0.6 is 0 Å². The van der Waals surface area contributed by atoms with Crippen molar-refractivity contribution in [2.75, 3.05) is 0 Å². The predicted octanol–water partition coefficient (Wildman–Crippen LogP) is 13.4. The van der Waals surface area contributed by atoms with Crippen molar-refractivity contribution in [3.63, 3.8) is 0 Å². The molecule has 0 radical (unpaired) electrons. The lowest BCUT2D eigenvalue weighted by molar-refractivity contribution is 0.669. The molecule has 222 valence electrons. The fourth-order valence-electron chi connectivity index (χ4n) is 8.00. The Kier molecular flexibility index (Phi) is 5.14. The van der Waals surface area contributed by atoms with Crippen LogP contribution < -0.4 is 0 Å². The quantitative estimate of drug-likeness (QED) is 0.182. The van der Waals surface area contributed by atoms with Crippen LogP contribution in [0.25, 0.3) is 109 Å². The molecule has 0 spiro atoms. The third-order valence-corrected chi connectivity index (χ3v) is 10.3. The summed E-state index contributed by atoms with van der Waals surface area (Å²) >= 11 is 0. The van der Waals surface area contributed by atoms with Crippen LogP contribution in [0.1, 0.15) is 0 Å². The largest absolute Gasteiger partial charge is 0.456 e. The summed E-state index contributed by atoms with van der Waals surface area (Å²) in [6.45, 7) is 0. The minimum absolute atomic E-state index is 0.897. The average molecular weight is 611 g/mol. The molecular weight excluding hydrogens is 585 g/mol. The fourth-order valence-corrected chi connectivity index (χ4v) is 8.00. The van der Waals surface area contributed by atoms with Gasteiger partial charge in [-0.15, -0.1) is 0 Å². The molecule has 0 N–H and O–H groups in total. The zero-order valence-corrected chi connectivity index (χ0v) is 25.8. The van der Waals surface area contributed by atoms with Gasteiger partial charge >= 0.3 is 0 Å². The van der Waals surface area contributed by atoms with Gasteiger partial charge in [-0.3, -0.25) is 0 Å². The Labute approximate surface area is 275 Å². The SMILES string of the molecule is c1ccc2c(-c3ccc4c(c3)oc3cc(-c5ccc6c(c5)c5ccccc5c5c6ccc6c7ccccc7oc65)ccc34)cccc2c1. The van der Waals surface area contributed by atoms with Crippen molar-refractivity contribution < 1.29 is 8.83 Å². The van der Waals surface area contributed by atoms with Gasteiger partial charge in [-0.25, -0.2) is 0 Å². The smallest absolute Gasteiger partial charge is 0.143 e. The maximum Gasteiger partial charge on any atom is 0.143 e. The van der Waals surface area contributed by atoms with E-state index in [1.807, 2.05) is 6.07 Å². The molecule has 0 saturated carbocycles. The standard InChI is InChI=1S/C46H26O2/c1-2-10-31-27(8-1)9-7-14-32(31)30-18-21-37-36-20-17-29(25-43(36)47-44(37)26-30)28-16-19-34-39-22-23-40-35-12-5-6-15-42(35)48-46(40)45(39)38-13-4-3-11-33(38)41(34)24-28/h1-26H. The molecule has 2 nitrogen and oxygen atoms in total. The minimum atomic E-state index is 0.897. The Morgan fingerprint density at radius 3 is 1.69 bits per heavy atom. The van der Waals surface area contributed by atoms with E-state index in [-0.39, 0.29) is 0 Å². The van der Waals surface area contributed by atoms with Gasteiger partial charge in [-0.2, -0.15) is 0 Å². The number of fused-ring (bicyclic) bond motifs is 14. The fraction of sp³-hybridized carbons (Fsp3) is 0. The van der Waals surface area contributed by atoms with Gasteiger partial charge in [-0.05, 0) is 102 Å². The average Bonchev–Trinajstić information content (AvgIpc) is 3.72. The maximum absolute atomic E-state index is 6.56.